The molecule has 2 aromatic rings. The zero-order valence-electron chi connectivity index (χ0n) is 11.2. The zero-order valence-corrected chi connectivity index (χ0v) is 12.8. The van der Waals surface area contributed by atoms with E-state index in [1.165, 1.54) is 0 Å². The van der Waals surface area contributed by atoms with Gasteiger partial charge in [-0.15, -0.1) is 0 Å². The van der Waals surface area contributed by atoms with Crippen LogP contribution in [0.3, 0.4) is 0 Å². The highest BCUT2D eigenvalue weighted by Gasteiger charge is 2.07. The highest BCUT2D eigenvalue weighted by atomic mass is 79.9. The van der Waals surface area contributed by atoms with Gasteiger partial charge in [-0.25, -0.2) is 0 Å². The number of rotatable bonds is 5. The molecule has 0 aliphatic heterocycles. The number of benzene rings is 2. The van der Waals surface area contributed by atoms with E-state index in [-0.39, 0.29) is 12.5 Å². The van der Waals surface area contributed by atoms with Gasteiger partial charge in [-0.05, 0) is 42.3 Å². The summed E-state index contributed by atoms with van der Waals surface area (Å²) in [5.74, 6) is 0.528. The molecular formula is C16H16BrNO2. The summed E-state index contributed by atoms with van der Waals surface area (Å²) in [6, 6.07) is 15.1. The number of para-hydroxylation sites is 1. The Morgan fingerprint density at radius 2 is 1.95 bits per heavy atom. The average molecular weight is 334 g/mol. The van der Waals surface area contributed by atoms with Gasteiger partial charge in [-0.2, -0.15) is 0 Å². The fraction of sp³-hybridized carbons (Fsp3) is 0.188. The van der Waals surface area contributed by atoms with Gasteiger partial charge in [-0.1, -0.05) is 41.1 Å². The van der Waals surface area contributed by atoms with E-state index in [1.54, 1.807) is 0 Å². The van der Waals surface area contributed by atoms with Gasteiger partial charge in [0.2, 0.25) is 0 Å². The Hall–Kier alpha value is -1.81. The number of carbonyl (C=O) groups is 1. The molecule has 0 aromatic heterocycles. The summed E-state index contributed by atoms with van der Waals surface area (Å²) in [4.78, 5) is 11.9. The van der Waals surface area contributed by atoms with Crippen LogP contribution in [0.4, 0.5) is 5.69 Å². The molecule has 104 valence electrons. The van der Waals surface area contributed by atoms with E-state index in [0.717, 1.165) is 22.1 Å². The van der Waals surface area contributed by atoms with Crippen LogP contribution in [-0.4, -0.2) is 12.5 Å². The summed E-state index contributed by atoms with van der Waals surface area (Å²) >= 11 is 3.43. The van der Waals surface area contributed by atoms with Crippen LogP contribution >= 0.6 is 15.9 Å². The summed E-state index contributed by atoms with van der Waals surface area (Å²) in [6.07, 6.45) is 0.856. The Labute approximate surface area is 127 Å². The molecule has 0 aliphatic rings. The topological polar surface area (TPSA) is 38.3 Å². The van der Waals surface area contributed by atoms with Crippen LogP contribution in [0.1, 0.15) is 12.5 Å². The number of carbonyl (C=O) groups excluding carboxylic acids is 1. The van der Waals surface area contributed by atoms with Gasteiger partial charge in [0.1, 0.15) is 5.75 Å². The molecule has 1 N–H and O–H groups in total. The maximum absolute atomic E-state index is 11.9. The molecule has 0 unspecified atom stereocenters. The van der Waals surface area contributed by atoms with Crippen molar-refractivity contribution >= 4 is 27.5 Å². The van der Waals surface area contributed by atoms with Crippen molar-refractivity contribution in [3.8, 4) is 5.75 Å². The molecule has 0 atom stereocenters. The Morgan fingerprint density at radius 3 is 2.65 bits per heavy atom. The van der Waals surface area contributed by atoms with Crippen molar-refractivity contribution in [1.29, 1.82) is 0 Å². The third-order valence-corrected chi connectivity index (χ3v) is 3.33. The molecule has 0 saturated heterocycles. The summed E-state index contributed by atoms with van der Waals surface area (Å²) in [6.45, 7) is 2.06. The largest absolute Gasteiger partial charge is 0.484 e. The van der Waals surface area contributed by atoms with Gasteiger partial charge in [0.05, 0.1) is 0 Å². The monoisotopic (exact) mass is 333 g/mol. The maximum atomic E-state index is 11.9. The first-order chi connectivity index (χ1) is 9.69. The second kappa shape index (κ2) is 7.10. The van der Waals surface area contributed by atoms with E-state index >= 15 is 0 Å². The van der Waals surface area contributed by atoms with Crippen LogP contribution in [-0.2, 0) is 11.2 Å². The van der Waals surface area contributed by atoms with Gasteiger partial charge < -0.3 is 10.1 Å². The minimum atomic E-state index is -0.161. The number of halogens is 1. The van der Waals surface area contributed by atoms with Gasteiger partial charge in [0.25, 0.3) is 5.91 Å². The average Bonchev–Trinajstić information content (AvgIpc) is 2.48. The minimum absolute atomic E-state index is 0.00321. The lowest BCUT2D eigenvalue weighted by molar-refractivity contribution is -0.118. The van der Waals surface area contributed by atoms with Crippen molar-refractivity contribution in [2.24, 2.45) is 0 Å². The van der Waals surface area contributed by atoms with Gasteiger partial charge in [0, 0.05) is 10.2 Å². The lowest BCUT2D eigenvalue weighted by Gasteiger charge is -2.11. The number of ether oxygens (including phenoxy) is 1. The molecule has 4 heteroatoms. The number of aryl methyl sites for hydroxylation is 1. The summed E-state index contributed by atoms with van der Waals surface area (Å²) in [7, 11) is 0. The SMILES string of the molecule is CCc1cc(Br)ccc1NC(=O)COc1ccccc1. The van der Waals surface area contributed by atoms with E-state index in [0.29, 0.717) is 5.75 Å². The Balaban J connectivity index is 1.95. The molecule has 0 saturated carbocycles. The second-order valence-electron chi connectivity index (χ2n) is 4.30. The van der Waals surface area contributed by atoms with E-state index < -0.39 is 0 Å². The standard InChI is InChI=1S/C16H16BrNO2/c1-2-12-10-13(17)8-9-15(12)18-16(19)11-20-14-6-4-3-5-7-14/h3-10H,2,11H2,1H3,(H,18,19). The maximum Gasteiger partial charge on any atom is 0.262 e. The first kappa shape index (κ1) is 14.6. The van der Waals surface area contributed by atoms with Crippen molar-refractivity contribution < 1.29 is 9.53 Å². The summed E-state index contributed by atoms with van der Waals surface area (Å²) in [5, 5.41) is 2.87. The smallest absolute Gasteiger partial charge is 0.262 e. The van der Waals surface area contributed by atoms with Gasteiger partial charge >= 0.3 is 0 Å². The molecule has 3 nitrogen and oxygen atoms in total. The normalized spacial score (nSPS) is 10.1. The molecule has 0 radical (unpaired) electrons. The Bertz CT molecular complexity index is 584. The fourth-order valence-corrected chi connectivity index (χ4v) is 2.24. The van der Waals surface area contributed by atoms with Crippen LogP contribution in [0.2, 0.25) is 0 Å². The number of hydrogen-bond acceptors (Lipinski definition) is 2. The third kappa shape index (κ3) is 4.10. The predicted molar refractivity (Wildman–Crippen MR) is 84.1 cm³/mol. The molecule has 0 aliphatic carbocycles. The van der Waals surface area contributed by atoms with Crippen molar-refractivity contribution in [1.82, 2.24) is 0 Å². The second-order valence-corrected chi connectivity index (χ2v) is 5.22. The van der Waals surface area contributed by atoms with Crippen molar-refractivity contribution in [3.63, 3.8) is 0 Å². The lowest BCUT2D eigenvalue weighted by Crippen LogP contribution is -2.20. The molecule has 2 aromatic carbocycles. The number of amides is 1. The summed E-state index contributed by atoms with van der Waals surface area (Å²) in [5.41, 5.74) is 1.92. The van der Waals surface area contributed by atoms with Crippen LogP contribution in [0.15, 0.2) is 53.0 Å². The number of anilines is 1. The Kier molecular flexibility index (Phi) is 5.18. The molecular weight excluding hydrogens is 318 g/mol. The van der Waals surface area contributed by atoms with Crippen molar-refractivity contribution in [2.75, 3.05) is 11.9 Å². The van der Waals surface area contributed by atoms with E-state index in [9.17, 15) is 4.79 Å². The molecule has 0 spiro atoms. The van der Waals surface area contributed by atoms with Gasteiger partial charge in [-0.3, -0.25) is 4.79 Å². The molecule has 2 rings (SSSR count). The highest BCUT2D eigenvalue weighted by molar-refractivity contribution is 9.10. The molecule has 0 bridgehead atoms. The van der Waals surface area contributed by atoms with Crippen molar-refractivity contribution in [2.45, 2.75) is 13.3 Å². The number of hydrogen-bond donors (Lipinski definition) is 1. The highest BCUT2D eigenvalue weighted by Crippen LogP contribution is 2.21. The van der Waals surface area contributed by atoms with E-state index in [4.69, 9.17) is 4.74 Å². The molecule has 0 fully saturated rings. The quantitative estimate of drug-likeness (QED) is 0.897. The molecule has 0 heterocycles. The van der Waals surface area contributed by atoms with Crippen molar-refractivity contribution in [3.05, 3.63) is 58.6 Å². The van der Waals surface area contributed by atoms with E-state index in [1.807, 2.05) is 48.5 Å². The molecule has 1 amide bonds. The lowest BCUT2D eigenvalue weighted by atomic mass is 10.1. The first-order valence-corrected chi connectivity index (χ1v) is 7.24. The third-order valence-electron chi connectivity index (χ3n) is 2.84. The Morgan fingerprint density at radius 1 is 1.20 bits per heavy atom. The van der Waals surface area contributed by atoms with Crippen LogP contribution in [0, 0.1) is 0 Å². The van der Waals surface area contributed by atoms with E-state index in [2.05, 4.69) is 28.2 Å². The summed E-state index contributed by atoms with van der Waals surface area (Å²) < 4.78 is 6.42. The van der Waals surface area contributed by atoms with Gasteiger partial charge in [0.15, 0.2) is 6.61 Å². The first-order valence-electron chi connectivity index (χ1n) is 6.45. The zero-order chi connectivity index (χ0) is 14.4. The molecule has 20 heavy (non-hydrogen) atoms. The predicted octanol–water partition coefficient (Wildman–Crippen LogP) is 4.03. The number of nitrogens with one attached hydrogen (secondary N) is 1. The van der Waals surface area contributed by atoms with Crippen LogP contribution < -0.4 is 10.1 Å². The van der Waals surface area contributed by atoms with Crippen LogP contribution in [0.25, 0.3) is 0 Å². The fourth-order valence-electron chi connectivity index (χ4n) is 1.83. The van der Waals surface area contributed by atoms with Crippen LogP contribution in [0.5, 0.6) is 5.75 Å². The minimum Gasteiger partial charge on any atom is -0.484 e.